The van der Waals surface area contributed by atoms with Gasteiger partial charge in [0.15, 0.2) is 0 Å². The van der Waals surface area contributed by atoms with Crippen LogP contribution in [0.15, 0.2) is 35.3 Å². The lowest BCUT2D eigenvalue weighted by Gasteiger charge is -2.20. The molecule has 0 fully saturated rings. The maximum Gasteiger partial charge on any atom is 0.423 e. The number of nitrogens with zero attached hydrogens (tertiary/aromatic N) is 2. The largest absolute Gasteiger partial charge is 0.497 e. The zero-order valence-corrected chi connectivity index (χ0v) is 18.3. The molecule has 2 atom stereocenters. The molecule has 1 heterocycles. The van der Waals surface area contributed by atoms with Gasteiger partial charge in [-0.2, -0.15) is 18.3 Å². The van der Waals surface area contributed by atoms with Crippen molar-refractivity contribution in [3.8, 4) is 5.75 Å². The summed E-state index contributed by atoms with van der Waals surface area (Å²) in [7, 11) is 1.48. The monoisotopic (exact) mass is 475 g/mol. The van der Waals surface area contributed by atoms with Gasteiger partial charge < -0.3 is 19.5 Å². The molecule has 0 saturated carbocycles. The molecule has 1 aromatic carbocycles. The second-order valence-electron chi connectivity index (χ2n) is 7.04. The number of benzene rings is 1. The van der Waals surface area contributed by atoms with E-state index >= 15 is 0 Å². The quantitative estimate of drug-likeness (QED) is 0.395. The van der Waals surface area contributed by atoms with Crippen LogP contribution in [-0.4, -0.2) is 54.9 Å². The Morgan fingerprint density at radius 2 is 1.88 bits per heavy atom. The lowest BCUT2D eigenvalue weighted by Crippen LogP contribution is -2.34. The molecule has 2 aromatic rings. The molecule has 0 saturated heterocycles. The molecule has 0 radical (unpaired) electrons. The van der Waals surface area contributed by atoms with E-state index in [4.69, 9.17) is 9.47 Å². The molecule has 8 nitrogen and oxygen atoms in total. The molecule has 0 amide bonds. The van der Waals surface area contributed by atoms with Gasteiger partial charge in [0.05, 0.1) is 45.4 Å². The Balaban J connectivity index is 2.12. The first-order valence-electron chi connectivity index (χ1n) is 10.0. The van der Waals surface area contributed by atoms with Gasteiger partial charge in [0, 0.05) is 6.04 Å². The molecule has 0 aliphatic carbocycles. The lowest BCUT2D eigenvalue weighted by atomic mass is 10.2. The van der Waals surface area contributed by atoms with E-state index in [0.29, 0.717) is 16.0 Å². The molecule has 12 heteroatoms. The normalized spacial score (nSPS) is 13.3. The summed E-state index contributed by atoms with van der Waals surface area (Å²) in [4.78, 5) is 23.8. The maximum atomic E-state index is 13.7. The average molecular weight is 475 g/mol. The highest BCUT2D eigenvalue weighted by atomic mass is 19.4. The summed E-state index contributed by atoms with van der Waals surface area (Å²) in [6.07, 6.45) is -6.05. The Morgan fingerprint density at radius 3 is 2.45 bits per heavy atom. The molecule has 0 aliphatic rings. The van der Waals surface area contributed by atoms with Crippen LogP contribution < -0.4 is 15.6 Å². The van der Waals surface area contributed by atoms with Crippen LogP contribution in [0.2, 0.25) is 0 Å². The van der Waals surface area contributed by atoms with E-state index < -0.39 is 47.8 Å². The zero-order valence-electron chi connectivity index (χ0n) is 18.3. The van der Waals surface area contributed by atoms with Crippen molar-refractivity contribution < 1.29 is 36.6 Å². The Bertz CT molecular complexity index is 979. The predicted octanol–water partition coefficient (Wildman–Crippen LogP) is 3.04. The molecule has 1 N–H and O–H groups in total. The maximum absolute atomic E-state index is 13.7. The summed E-state index contributed by atoms with van der Waals surface area (Å²) in [5, 5.41) is 6.36. The zero-order chi connectivity index (χ0) is 24.6. The number of alkyl halides is 4. The van der Waals surface area contributed by atoms with Gasteiger partial charge in [0.25, 0.3) is 5.56 Å². The van der Waals surface area contributed by atoms with Gasteiger partial charge in [0.1, 0.15) is 11.3 Å². The Kier molecular flexibility index (Phi) is 9.21. The third-order valence-corrected chi connectivity index (χ3v) is 4.40. The SMILES string of the molecule is CCOC(=O)C(F)COCC(C)Nc1cnn(Cc2ccc(OC)cc2)c(=O)c1C(F)(F)F. The molecule has 182 valence electrons. The van der Waals surface area contributed by atoms with Crippen molar-refractivity contribution >= 4 is 11.7 Å². The molecule has 2 unspecified atom stereocenters. The summed E-state index contributed by atoms with van der Waals surface area (Å²) < 4.78 is 69.9. The van der Waals surface area contributed by atoms with E-state index in [1.807, 2.05) is 0 Å². The van der Waals surface area contributed by atoms with Crippen LogP contribution in [0, 0.1) is 0 Å². The number of hydrogen-bond acceptors (Lipinski definition) is 7. The van der Waals surface area contributed by atoms with Gasteiger partial charge in [-0.15, -0.1) is 0 Å². The fourth-order valence-electron chi connectivity index (χ4n) is 2.84. The van der Waals surface area contributed by atoms with Gasteiger partial charge in [-0.05, 0) is 31.5 Å². The van der Waals surface area contributed by atoms with Crippen molar-refractivity contribution in [1.29, 1.82) is 0 Å². The molecule has 2 rings (SSSR count). The summed E-state index contributed by atoms with van der Waals surface area (Å²) in [6, 6.07) is 5.71. The minimum atomic E-state index is -4.95. The van der Waals surface area contributed by atoms with E-state index in [2.05, 4.69) is 15.2 Å². The van der Waals surface area contributed by atoms with Crippen molar-refractivity contribution in [3.63, 3.8) is 0 Å². The number of carbonyl (C=O) groups is 1. The number of ether oxygens (including phenoxy) is 3. The number of nitrogens with one attached hydrogen (secondary N) is 1. The number of anilines is 1. The lowest BCUT2D eigenvalue weighted by molar-refractivity contribution is -0.151. The first-order chi connectivity index (χ1) is 15.6. The molecular weight excluding hydrogens is 450 g/mol. The number of hydrogen-bond donors (Lipinski definition) is 1. The fourth-order valence-corrected chi connectivity index (χ4v) is 2.84. The number of methoxy groups -OCH3 is 1. The van der Waals surface area contributed by atoms with Crippen molar-refractivity contribution in [2.45, 2.75) is 38.8 Å². The molecule has 0 spiro atoms. The third kappa shape index (κ3) is 7.45. The molecular formula is C21H25F4N3O5. The highest BCUT2D eigenvalue weighted by Gasteiger charge is 2.38. The fraction of sp³-hybridized carbons (Fsp3) is 0.476. The predicted molar refractivity (Wildman–Crippen MR) is 111 cm³/mol. The van der Waals surface area contributed by atoms with Crippen LogP contribution in [-0.2, 0) is 27.0 Å². The van der Waals surface area contributed by atoms with Crippen LogP contribution in [0.1, 0.15) is 25.0 Å². The molecule has 33 heavy (non-hydrogen) atoms. The second-order valence-corrected chi connectivity index (χ2v) is 7.04. The summed E-state index contributed by atoms with van der Waals surface area (Å²) >= 11 is 0. The van der Waals surface area contributed by atoms with Crippen molar-refractivity contribution in [2.24, 2.45) is 0 Å². The number of aromatic nitrogens is 2. The van der Waals surface area contributed by atoms with Crippen molar-refractivity contribution in [1.82, 2.24) is 9.78 Å². The standard InChI is InChI=1S/C21H25F4N3O5/c1-4-33-20(30)16(22)12-32-11-13(2)27-17-9-26-28(19(29)18(17)21(23,24)25)10-14-5-7-15(31-3)8-6-14/h5-9,13,16,27H,4,10-12H2,1-3H3. The minimum absolute atomic E-state index is 0.00836. The van der Waals surface area contributed by atoms with E-state index in [1.165, 1.54) is 21.0 Å². The first-order valence-corrected chi connectivity index (χ1v) is 10.0. The van der Waals surface area contributed by atoms with Gasteiger partial charge in [0.2, 0.25) is 6.17 Å². The molecule has 0 aliphatic heterocycles. The minimum Gasteiger partial charge on any atom is -0.497 e. The van der Waals surface area contributed by atoms with Crippen molar-refractivity contribution in [3.05, 3.63) is 51.9 Å². The third-order valence-electron chi connectivity index (χ3n) is 4.40. The number of carbonyl (C=O) groups excluding carboxylic acids is 1. The highest BCUT2D eigenvalue weighted by molar-refractivity contribution is 5.74. The van der Waals surface area contributed by atoms with Crippen LogP contribution in [0.5, 0.6) is 5.75 Å². The number of esters is 1. The van der Waals surface area contributed by atoms with Crippen molar-refractivity contribution in [2.75, 3.05) is 32.2 Å². The first kappa shape index (κ1) is 26.1. The summed E-state index contributed by atoms with van der Waals surface area (Å²) in [5.41, 5.74) is -2.70. The van der Waals surface area contributed by atoms with E-state index in [0.717, 1.165) is 6.20 Å². The molecule has 1 aromatic heterocycles. The van der Waals surface area contributed by atoms with E-state index in [1.54, 1.807) is 24.3 Å². The van der Waals surface area contributed by atoms with Crippen LogP contribution >= 0.6 is 0 Å². The Labute approximate surface area is 187 Å². The number of rotatable bonds is 11. The van der Waals surface area contributed by atoms with Gasteiger partial charge in [-0.25, -0.2) is 13.9 Å². The van der Waals surface area contributed by atoms with Gasteiger partial charge in [-0.1, -0.05) is 12.1 Å². The smallest absolute Gasteiger partial charge is 0.423 e. The Morgan fingerprint density at radius 1 is 1.21 bits per heavy atom. The molecule has 0 bridgehead atoms. The summed E-state index contributed by atoms with van der Waals surface area (Å²) in [6.45, 7) is 1.99. The van der Waals surface area contributed by atoms with Gasteiger partial charge >= 0.3 is 12.1 Å². The number of halogens is 4. The van der Waals surface area contributed by atoms with E-state index in [9.17, 15) is 27.2 Å². The summed E-state index contributed by atoms with van der Waals surface area (Å²) in [5.74, 6) is -0.519. The van der Waals surface area contributed by atoms with E-state index in [-0.39, 0.29) is 19.8 Å². The average Bonchev–Trinajstić information content (AvgIpc) is 2.75. The van der Waals surface area contributed by atoms with Crippen LogP contribution in [0.3, 0.4) is 0 Å². The second kappa shape index (κ2) is 11.6. The highest BCUT2D eigenvalue weighted by Crippen LogP contribution is 2.32. The topological polar surface area (TPSA) is 91.7 Å². The van der Waals surface area contributed by atoms with Crippen LogP contribution in [0.25, 0.3) is 0 Å². The Hall–Kier alpha value is -3.15. The van der Waals surface area contributed by atoms with Gasteiger partial charge in [-0.3, -0.25) is 4.79 Å². The van der Waals surface area contributed by atoms with Crippen LogP contribution in [0.4, 0.5) is 23.2 Å².